The van der Waals surface area contributed by atoms with Crippen LogP contribution in [0.15, 0.2) is 58.8 Å². The Morgan fingerprint density at radius 2 is 1.51 bits per heavy atom. The van der Waals surface area contributed by atoms with E-state index in [9.17, 15) is 20.1 Å². The maximum absolute atomic E-state index is 11.3. The summed E-state index contributed by atoms with van der Waals surface area (Å²) in [4.78, 5) is 24.2. The van der Waals surface area contributed by atoms with E-state index in [4.69, 9.17) is 33.2 Å². The van der Waals surface area contributed by atoms with E-state index >= 15 is 0 Å². The van der Waals surface area contributed by atoms with E-state index in [-0.39, 0.29) is 32.2 Å². The number of nitrogens with zero attached hydrogens (tertiary/aromatic N) is 5. The van der Waals surface area contributed by atoms with Crippen LogP contribution in [0.5, 0.6) is 0 Å². The number of aldehydes is 1. The van der Waals surface area contributed by atoms with Crippen molar-refractivity contribution in [3.05, 3.63) is 75.7 Å². The zero-order valence-electron chi connectivity index (χ0n) is 31.9. The molecule has 0 saturated heterocycles. The molecule has 0 aliphatic carbocycles. The molecule has 1 heterocycles. The predicted molar refractivity (Wildman–Crippen MR) is 207 cm³/mol. The number of azo groups is 1. The first kappa shape index (κ1) is 44.8. The maximum atomic E-state index is 11.3. The van der Waals surface area contributed by atoms with Gasteiger partial charge in [0.2, 0.25) is 0 Å². The third-order valence-electron chi connectivity index (χ3n) is 8.01. The van der Waals surface area contributed by atoms with Crippen molar-refractivity contribution in [2.45, 2.75) is 46.3 Å². The summed E-state index contributed by atoms with van der Waals surface area (Å²) in [5.74, 6) is -0.412. The van der Waals surface area contributed by atoms with Crippen molar-refractivity contribution < 1.29 is 42.7 Å². The number of thiophene rings is 1. The first-order chi connectivity index (χ1) is 26.9. The fourth-order valence-electron chi connectivity index (χ4n) is 5.05. The van der Waals surface area contributed by atoms with Crippen LogP contribution in [-0.4, -0.2) is 104 Å². The van der Waals surface area contributed by atoms with Crippen molar-refractivity contribution in [1.29, 1.82) is 10.5 Å². The van der Waals surface area contributed by atoms with Gasteiger partial charge in [0.1, 0.15) is 29.9 Å². The van der Waals surface area contributed by atoms with Crippen molar-refractivity contribution in [2.24, 2.45) is 10.2 Å². The average Bonchev–Trinajstić information content (AvgIpc) is 3.51. The predicted octanol–water partition coefficient (Wildman–Crippen LogP) is 6.54. The fraction of sp³-hybridized carbons (Fsp3) is 0.500. The number of benzene rings is 2. The summed E-state index contributed by atoms with van der Waals surface area (Å²) in [7, 11) is 0. The van der Waals surface area contributed by atoms with Crippen molar-refractivity contribution in [3.63, 3.8) is 0 Å². The number of anilines is 1. The SMILES string of the molecule is CCN(CC(COCc1ccccc1)OCCOCCOCCOCCOCCOC(=O)CCC=O)c1ccc(/N=N/c2sc(C#N)c(C)c2C#N)c(C)c1. The molecule has 55 heavy (non-hydrogen) atoms. The number of esters is 1. The van der Waals surface area contributed by atoms with Crippen LogP contribution >= 0.6 is 11.3 Å². The topological polar surface area (TPSA) is 174 Å². The van der Waals surface area contributed by atoms with Gasteiger partial charge in [-0.3, -0.25) is 4.79 Å². The van der Waals surface area contributed by atoms with Crippen LogP contribution in [0.4, 0.5) is 16.4 Å². The summed E-state index contributed by atoms with van der Waals surface area (Å²) in [5, 5.41) is 28.0. The molecule has 0 spiro atoms. The van der Waals surface area contributed by atoms with Gasteiger partial charge in [-0.15, -0.1) is 21.6 Å². The second-order valence-electron chi connectivity index (χ2n) is 12.0. The Balaban J connectivity index is 1.40. The molecule has 1 atom stereocenters. The molecule has 0 radical (unpaired) electrons. The summed E-state index contributed by atoms with van der Waals surface area (Å²) < 4.78 is 39.4. The van der Waals surface area contributed by atoms with Gasteiger partial charge >= 0.3 is 5.97 Å². The summed E-state index contributed by atoms with van der Waals surface area (Å²) in [6, 6.07) is 20.2. The normalized spacial score (nSPS) is 11.7. The largest absolute Gasteiger partial charge is 0.463 e. The molecule has 1 unspecified atom stereocenters. The summed E-state index contributed by atoms with van der Waals surface area (Å²) in [6.45, 7) is 11.6. The quantitative estimate of drug-likeness (QED) is 0.0323. The van der Waals surface area contributed by atoms with Crippen LogP contribution in [0.2, 0.25) is 0 Å². The minimum atomic E-state index is -0.412. The molecule has 296 valence electrons. The number of hydrogen-bond acceptors (Lipinski definition) is 15. The third-order valence-corrected chi connectivity index (χ3v) is 9.09. The summed E-state index contributed by atoms with van der Waals surface area (Å²) >= 11 is 1.16. The van der Waals surface area contributed by atoms with E-state index in [0.29, 0.717) is 106 Å². The maximum Gasteiger partial charge on any atom is 0.306 e. The first-order valence-electron chi connectivity index (χ1n) is 18.2. The van der Waals surface area contributed by atoms with Gasteiger partial charge in [0.15, 0.2) is 5.00 Å². The van der Waals surface area contributed by atoms with E-state index in [1.54, 1.807) is 6.92 Å². The standard InChI is InChI=1S/C40H51N5O9S/c1-4-45(34-12-13-37(31(2)25-34)43-44-40-36(26-41)32(3)38(27-42)55-40)28-35(30-52-29-33-9-6-5-7-10-33)53-23-21-50-19-17-48-15-16-49-18-20-51-22-24-54-39(47)11-8-14-46/h5-7,9-10,12-14,25,35H,4,8,11,15-24,28-30H2,1-3H3/b44-43+. The Morgan fingerprint density at radius 3 is 2.11 bits per heavy atom. The molecule has 3 rings (SSSR count). The van der Waals surface area contributed by atoms with Gasteiger partial charge in [0.25, 0.3) is 0 Å². The van der Waals surface area contributed by atoms with Crippen LogP contribution in [0.1, 0.15) is 46.9 Å². The molecule has 3 aromatic rings. The highest BCUT2D eigenvalue weighted by molar-refractivity contribution is 7.16. The van der Waals surface area contributed by atoms with Crippen molar-refractivity contribution >= 4 is 40.0 Å². The van der Waals surface area contributed by atoms with Gasteiger partial charge < -0.3 is 42.9 Å². The molecule has 0 N–H and O–H groups in total. The van der Waals surface area contributed by atoms with E-state index in [2.05, 4.69) is 40.3 Å². The molecule has 0 aliphatic heterocycles. The number of hydrogen-bond donors (Lipinski definition) is 0. The Morgan fingerprint density at radius 1 is 0.855 bits per heavy atom. The molecule has 0 bridgehead atoms. The lowest BCUT2D eigenvalue weighted by atomic mass is 10.1. The molecule has 0 aliphatic rings. The smallest absolute Gasteiger partial charge is 0.306 e. The van der Waals surface area contributed by atoms with E-state index < -0.39 is 5.97 Å². The van der Waals surface area contributed by atoms with Crippen LogP contribution in [0.25, 0.3) is 0 Å². The summed E-state index contributed by atoms with van der Waals surface area (Å²) in [6.07, 6.45) is 0.700. The lowest BCUT2D eigenvalue weighted by Crippen LogP contribution is -2.37. The second-order valence-corrected chi connectivity index (χ2v) is 13.0. The monoisotopic (exact) mass is 777 g/mol. The molecule has 0 fully saturated rings. The number of nitriles is 2. The lowest BCUT2D eigenvalue weighted by Gasteiger charge is -2.29. The van der Waals surface area contributed by atoms with E-state index in [0.717, 1.165) is 34.7 Å². The lowest BCUT2D eigenvalue weighted by molar-refractivity contribution is -0.145. The second kappa shape index (κ2) is 27.1. The number of carbonyl (C=O) groups excluding carboxylic acids is 2. The molecule has 0 amide bonds. The Kier molecular flexibility index (Phi) is 22.1. The van der Waals surface area contributed by atoms with Crippen molar-refractivity contribution in [1.82, 2.24) is 0 Å². The number of aryl methyl sites for hydroxylation is 1. The molecule has 0 saturated carbocycles. The Hall–Kier alpha value is -4.58. The Bertz CT molecular complexity index is 1690. The molecule has 14 nitrogen and oxygen atoms in total. The highest BCUT2D eigenvalue weighted by atomic mass is 32.1. The van der Waals surface area contributed by atoms with E-state index in [1.807, 2.05) is 49.4 Å². The molecule has 2 aromatic carbocycles. The molecular formula is C40H51N5O9S. The zero-order valence-corrected chi connectivity index (χ0v) is 32.7. The summed E-state index contributed by atoms with van der Waals surface area (Å²) in [5.41, 5.74) is 4.68. The number of likely N-dealkylation sites (N-methyl/N-ethyl adjacent to an activating group) is 1. The van der Waals surface area contributed by atoms with Crippen LogP contribution < -0.4 is 4.90 Å². The third kappa shape index (κ3) is 17.2. The molecule has 15 heteroatoms. The highest BCUT2D eigenvalue weighted by Gasteiger charge is 2.17. The first-order valence-corrected chi connectivity index (χ1v) is 19.1. The van der Waals surface area contributed by atoms with Gasteiger partial charge in [0, 0.05) is 25.2 Å². The van der Waals surface area contributed by atoms with Crippen molar-refractivity contribution in [2.75, 3.05) is 90.7 Å². The Labute approximate surface area is 327 Å². The van der Waals surface area contributed by atoms with Gasteiger partial charge in [0.05, 0.1) is 96.5 Å². The van der Waals surface area contributed by atoms with Crippen LogP contribution in [0.3, 0.4) is 0 Å². The van der Waals surface area contributed by atoms with Gasteiger partial charge in [-0.05, 0) is 55.7 Å². The molecular weight excluding hydrogens is 727 g/mol. The van der Waals surface area contributed by atoms with Gasteiger partial charge in [-0.1, -0.05) is 30.3 Å². The minimum absolute atomic E-state index is 0.0843. The van der Waals surface area contributed by atoms with Gasteiger partial charge in [-0.2, -0.15) is 10.5 Å². The highest BCUT2D eigenvalue weighted by Crippen LogP contribution is 2.36. The van der Waals surface area contributed by atoms with Crippen LogP contribution in [0, 0.1) is 36.5 Å². The number of carbonyl (C=O) groups is 2. The van der Waals surface area contributed by atoms with Crippen molar-refractivity contribution in [3.8, 4) is 12.1 Å². The van der Waals surface area contributed by atoms with Crippen LogP contribution in [-0.2, 0) is 49.4 Å². The fourth-order valence-corrected chi connectivity index (χ4v) is 5.93. The average molecular weight is 778 g/mol. The minimum Gasteiger partial charge on any atom is -0.463 e. The zero-order chi connectivity index (χ0) is 39.5. The molecule has 1 aromatic heterocycles. The number of ether oxygens (including phenoxy) is 7. The van der Waals surface area contributed by atoms with Gasteiger partial charge in [-0.25, -0.2) is 0 Å². The van der Waals surface area contributed by atoms with E-state index in [1.165, 1.54) is 0 Å². The number of rotatable bonds is 29.